The molecule has 0 bridgehead atoms. The third-order valence-electron chi connectivity index (χ3n) is 5.46. The third kappa shape index (κ3) is 7.24. The Labute approximate surface area is 194 Å². The number of amides is 2. The molecule has 1 aliphatic heterocycles. The van der Waals surface area contributed by atoms with Crippen molar-refractivity contribution < 1.29 is 23.9 Å². The van der Waals surface area contributed by atoms with Crippen LogP contribution >= 0.6 is 0 Å². The van der Waals surface area contributed by atoms with Gasteiger partial charge in [0.05, 0.1) is 13.0 Å². The number of rotatable bonds is 8. The molecule has 8 heteroatoms. The highest BCUT2D eigenvalue weighted by Gasteiger charge is 2.26. The van der Waals surface area contributed by atoms with Gasteiger partial charge in [0.2, 0.25) is 5.91 Å². The van der Waals surface area contributed by atoms with Crippen LogP contribution in [-0.4, -0.2) is 61.7 Å². The molecule has 0 aliphatic carbocycles. The lowest BCUT2D eigenvalue weighted by molar-refractivity contribution is -0.142. The van der Waals surface area contributed by atoms with Crippen molar-refractivity contribution in [1.29, 1.82) is 0 Å². The summed E-state index contributed by atoms with van der Waals surface area (Å²) in [5.41, 5.74) is 2.84. The molecule has 33 heavy (non-hydrogen) atoms. The minimum absolute atomic E-state index is 0.129. The van der Waals surface area contributed by atoms with Crippen molar-refractivity contribution in [2.75, 3.05) is 37.7 Å². The minimum Gasteiger partial charge on any atom is -0.466 e. The average molecular weight is 454 g/mol. The van der Waals surface area contributed by atoms with Crippen LogP contribution in [0.4, 0.5) is 10.5 Å². The van der Waals surface area contributed by atoms with Gasteiger partial charge in [-0.15, -0.1) is 0 Å². The summed E-state index contributed by atoms with van der Waals surface area (Å²) in [6, 6.07) is 16.5. The van der Waals surface area contributed by atoms with Gasteiger partial charge in [-0.1, -0.05) is 42.5 Å². The number of piperazine rings is 1. The van der Waals surface area contributed by atoms with Gasteiger partial charge in [-0.3, -0.25) is 9.59 Å². The summed E-state index contributed by atoms with van der Waals surface area (Å²) < 4.78 is 10.2. The van der Waals surface area contributed by atoms with Gasteiger partial charge in [-0.05, 0) is 37.1 Å². The van der Waals surface area contributed by atoms with E-state index in [-0.39, 0.29) is 24.9 Å². The normalized spacial score (nSPS) is 14.4. The van der Waals surface area contributed by atoms with Crippen LogP contribution in [0.25, 0.3) is 0 Å². The summed E-state index contributed by atoms with van der Waals surface area (Å²) in [5, 5.41) is 2.62. The van der Waals surface area contributed by atoms with Gasteiger partial charge in [0.1, 0.15) is 12.6 Å². The molecule has 2 aromatic carbocycles. The molecule has 2 amide bonds. The fourth-order valence-corrected chi connectivity index (χ4v) is 3.67. The molecular weight excluding hydrogens is 422 g/mol. The molecule has 3 rings (SSSR count). The van der Waals surface area contributed by atoms with E-state index in [1.54, 1.807) is 18.7 Å². The van der Waals surface area contributed by atoms with Crippen molar-refractivity contribution in [2.45, 2.75) is 32.9 Å². The van der Waals surface area contributed by atoms with Gasteiger partial charge < -0.3 is 24.6 Å². The van der Waals surface area contributed by atoms with Crippen LogP contribution in [0, 0.1) is 0 Å². The molecule has 1 fully saturated rings. The summed E-state index contributed by atoms with van der Waals surface area (Å²) >= 11 is 0. The maximum atomic E-state index is 12.7. The molecule has 8 nitrogen and oxygen atoms in total. The number of nitrogens with one attached hydrogen (secondary N) is 1. The number of anilines is 1. The van der Waals surface area contributed by atoms with Crippen molar-refractivity contribution in [3.05, 3.63) is 65.7 Å². The van der Waals surface area contributed by atoms with E-state index in [0.717, 1.165) is 16.8 Å². The Kier molecular flexibility index (Phi) is 8.69. The molecule has 0 saturated carbocycles. The van der Waals surface area contributed by atoms with Crippen LogP contribution in [0.2, 0.25) is 0 Å². The van der Waals surface area contributed by atoms with Crippen LogP contribution in [0.5, 0.6) is 0 Å². The molecule has 176 valence electrons. The van der Waals surface area contributed by atoms with E-state index in [2.05, 4.69) is 10.2 Å². The zero-order valence-corrected chi connectivity index (χ0v) is 19.2. The number of ether oxygens (including phenoxy) is 2. The zero-order chi connectivity index (χ0) is 23.6. The van der Waals surface area contributed by atoms with Crippen LogP contribution in [0.3, 0.4) is 0 Å². The fourth-order valence-electron chi connectivity index (χ4n) is 3.67. The second kappa shape index (κ2) is 11.9. The molecule has 1 heterocycles. The maximum Gasteiger partial charge on any atom is 0.408 e. The Hall–Kier alpha value is -3.55. The number of alkyl carbamates (subject to hydrolysis) is 1. The standard InChI is InChI=1S/C25H31N3O5/c1-3-32-23(29)17-20-9-11-22(12-10-20)27-13-15-28(16-14-27)24(30)19(2)26-25(31)33-18-21-7-5-4-6-8-21/h4-12,19H,3,13-18H2,1-2H3,(H,26,31)/t19-/m0/s1. The van der Waals surface area contributed by atoms with Crippen molar-refractivity contribution in [1.82, 2.24) is 10.2 Å². The fraction of sp³-hybridized carbons (Fsp3) is 0.400. The first-order valence-corrected chi connectivity index (χ1v) is 11.2. The van der Waals surface area contributed by atoms with E-state index >= 15 is 0 Å². The smallest absolute Gasteiger partial charge is 0.408 e. The summed E-state index contributed by atoms with van der Waals surface area (Å²) in [6.07, 6.45) is -0.351. The topological polar surface area (TPSA) is 88.2 Å². The van der Waals surface area contributed by atoms with E-state index in [1.165, 1.54) is 0 Å². The van der Waals surface area contributed by atoms with Gasteiger partial charge >= 0.3 is 12.1 Å². The highest BCUT2D eigenvalue weighted by Crippen LogP contribution is 2.18. The molecule has 1 saturated heterocycles. The number of nitrogens with zero attached hydrogens (tertiary/aromatic N) is 2. The summed E-state index contributed by atoms with van der Waals surface area (Å²) in [4.78, 5) is 40.4. The van der Waals surface area contributed by atoms with E-state index in [9.17, 15) is 14.4 Å². The van der Waals surface area contributed by atoms with Gasteiger partial charge in [0.15, 0.2) is 0 Å². The number of carbonyl (C=O) groups excluding carboxylic acids is 3. The molecular formula is C25H31N3O5. The Balaban J connectivity index is 1.42. The molecule has 0 spiro atoms. The summed E-state index contributed by atoms with van der Waals surface area (Å²) in [7, 11) is 0. The monoisotopic (exact) mass is 453 g/mol. The largest absolute Gasteiger partial charge is 0.466 e. The summed E-state index contributed by atoms with van der Waals surface area (Å²) in [6.45, 7) is 6.50. The Morgan fingerprint density at radius 1 is 0.909 bits per heavy atom. The molecule has 1 atom stereocenters. The second-order valence-corrected chi connectivity index (χ2v) is 7.89. The third-order valence-corrected chi connectivity index (χ3v) is 5.46. The predicted molar refractivity (Wildman–Crippen MR) is 125 cm³/mol. The van der Waals surface area contributed by atoms with Crippen LogP contribution in [0.1, 0.15) is 25.0 Å². The van der Waals surface area contributed by atoms with E-state index in [4.69, 9.17) is 9.47 Å². The van der Waals surface area contributed by atoms with Gasteiger partial charge in [-0.2, -0.15) is 0 Å². The van der Waals surface area contributed by atoms with E-state index in [0.29, 0.717) is 32.8 Å². The number of benzene rings is 2. The lowest BCUT2D eigenvalue weighted by Crippen LogP contribution is -2.54. The first kappa shape index (κ1) is 24.1. The average Bonchev–Trinajstić information content (AvgIpc) is 2.83. The number of carbonyl (C=O) groups is 3. The quantitative estimate of drug-likeness (QED) is 0.619. The van der Waals surface area contributed by atoms with Crippen molar-refractivity contribution in [3.63, 3.8) is 0 Å². The Morgan fingerprint density at radius 3 is 2.21 bits per heavy atom. The number of hydrogen-bond donors (Lipinski definition) is 1. The van der Waals surface area contributed by atoms with Crippen molar-refractivity contribution in [2.24, 2.45) is 0 Å². The molecule has 0 unspecified atom stereocenters. The lowest BCUT2D eigenvalue weighted by Gasteiger charge is -2.37. The highest BCUT2D eigenvalue weighted by atomic mass is 16.5. The first-order valence-electron chi connectivity index (χ1n) is 11.2. The minimum atomic E-state index is -0.665. The predicted octanol–water partition coefficient (Wildman–Crippen LogP) is 2.76. The number of hydrogen-bond acceptors (Lipinski definition) is 6. The molecule has 2 aromatic rings. The maximum absolute atomic E-state index is 12.7. The molecule has 1 aliphatic rings. The van der Waals surface area contributed by atoms with Gasteiger partial charge in [0, 0.05) is 31.9 Å². The Morgan fingerprint density at radius 2 is 1.58 bits per heavy atom. The highest BCUT2D eigenvalue weighted by molar-refractivity contribution is 5.85. The van der Waals surface area contributed by atoms with Gasteiger partial charge in [0.25, 0.3) is 0 Å². The SMILES string of the molecule is CCOC(=O)Cc1ccc(N2CCN(C(=O)[C@H](C)NC(=O)OCc3ccccc3)CC2)cc1. The second-order valence-electron chi connectivity index (χ2n) is 7.89. The Bertz CT molecular complexity index is 925. The van der Waals surface area contributed by atoms with E-state index < -0.39 is 12.1 Å². The molecule has 0 aromatic heterocycles. The van der Waals surface area contributed by atoms with Crippen molar-refractivity contribution >= 4 is 23.7 Å². The number of esters is 1. The van der Waals surface area contributed by atoms with Crippen LogP contribution in [-0.2, 0) is 32.1 Å². The molecule has 1 N–H and O–H groups in total. The summed E-state index contributed by atoms with van der Waals surface area (Å²) in [5.74, 6) is -0.361. The zero-order valence-electron chi connectivity index (χ0n) is 19.2. The first-order chi connectivity index (χ1) is 16.0. The van der Waals surface area contributed by atoms with Crippen LogP contribution < -0.4 is 10.2 Å². The van der Waals surface area contributed by atoms with Crippen LogP contribution in [0.15, 0.2) is 54.6 Å². The molecule has 0 radical (unpaired) electrons. The van der Waals surface area contributed by atoms with E-state index in [1.807, 2.05) is 54.6 Å². The lowest BCUT2D eigenvalue weighted by atomic mass is 10.1. The van der Waals surface area contributed by atoms with Gasteiger partial charge in [-0.25, -0.2) is 4.79 Å². The van der Waals surface area contributed by atoms with Crippen molar-refractivity contribution in [3.8, 4) is 0 Å².